The molecular formula is C23H22N2O4. The monoisotopic (exact) mass is 390 g/mol. The SMILES string of the molecule is Cc1nn(-c2ccccc2)c(C)c1/C=C/C(=O)c1ccc(O[C@H](C)C(=O)O)cc1. The summed E-state index contributed by atoms with van der Waals surface area (Å²) >= 11 is 0. The molecule has 0 saturated carbocycles. The lowest BCUT2D eigenvalue weighted by molar-refractivity contribution is -0.144. The van der Waals surface area contributed by atoms with Crippen molar-refractivity contribution in [2.24, 2.45) is 0 Å². The molecule has 0 saturated heterocycles. The molecule has 0 aliphatic rings. The van der Waals surface area contributed by atoms with E-state index >= 15 is 0 Å². The molecule has 0 spiro atoms. The van der Waals surface area contributed by atoms with Gasteiger partial charge in [-0.05, 0) is 69.3 Å². The second-order valence-corrected chi connectivity index (χ2v) is 6.65. The standard InChI is InChI=1S/C23H22N2O4/c1-15-21(16(2)25(24-15)19-7-5-4-6-8-19)13-14-22(26)18-9-11-20(12-10-18)29-17(3)23(27)28/h4-14,17H,1-3H3,(H,27,28)/b14-13+/t17-/m1/s1. The normalized spacial score (nSPS) is 12.1. The first kappa shape index (κ1) is 20.1. The number of aromatic nitrogens is 2. The summed E-state index contributed by atoms with van der Waals surface area (Å²) in [6.45, 7) is 5.32. The Morgan fingerprint density at radius 2 is 1.72 bits per heavy atom. The van der Waals surface area contributed by atoms with Gasteiger partial charge in [-0.15, -0.1) is 0 Å². The van der Waals surface area contributed by atoms with Gasteiger partial charge in [0.05, 0.1) is 11.4 Å². The Labute approximate surface area is 169 Å². The number of aryl methyl sites for hydroxylation is 1. The molecule has 0 aliphatic carbocycles. The second kappa shape index (κ2) is 8.56. The number of para-hydroxylation sites is 1. The summed E-state index contributed by atoms with van der Waals surface area (Å²) in [6, 6.07) is 16.2. The van der Waals surface area contributed by atoms with E-state index in [0.717, 1.165) is 22.6 Å². The summed E-state index contributed by atoms with van der Waals surface area (Å²) in [4.78, 5) is 23.4. The van der Waals surface area contributed by atoms with Crippen molar-refractivity contribution >= 4 is 17.8 Å². The zero-order valence-corrected chi connectivity index (χ0v) is 16.5. The number of benzene rings is 2. The molecule has 6 nitrogen and oxygen atoms in total. The number of hydrogen-bond acceptors (Lipinski definition) is 4. The van der Waals surface area contributed by atoms with Crippen molar-refractivity contribution in [1.82, 2.24) is 9.78 Å². The third kappa shape index (κ3) is 4.60. The second-order valence-electron chi connectivity index (χ2n) is 6.65. The Morgan fingerprint density at radius 3 is 2.34 bits per heavy atom. The summed E-state index contributed by atoms with van der Waals surface area (Å²) in [7, 11) is 0. The van der Waals surface area contributed by atoms with E-state index in [1.165, 1.54) is 13.0 Å². The maximum Gasteiger partial charge on any atom is 0.344 e. The van der Waals surface area contributed by atoms with Gasteiger partial charge in [-0.3, -0.25) is 4.79 Å². The number of allylic oxidation sites excluding steroid dienone is 1. The van der Waals surface area contributed by atoms with E-state index in [1.54, 1.807) is 30.3 Å². The van der Waals surface area contributed by atoms with Gasteiger partial charge in [-0.25, -0.2) is 9.48 Å². The van der Waals surface area contributed by atoms with Gasteiger partial charge in [0.1, 0.15) is 5.75 Å². The summed E-state index contributed by atoms with van der Waals surface area (Å²) < 4.78 is 7.13. The molecule has 2 aromatic carbocycles. The van der Waals surface area contributed by atoms with Crippen LogP contribution in [0.25, 0.3) is 11.8 Å². The van der Waals surface area contributed by atoms with Gasteiger partial charge in [0.25, 0.3) is 0 Å². The fourth-order valence-corrected chi connectivity index (χ4v) is 2.92. The highest BCUT2D eigenvalue weighted by molar-refractivity contribution is 6.07. The topological polar surface area (TPSA) is 81.4 Å². The molecule has 0 aliphatic heterocycles. The van der Waals surface area contributed by atoms with E-state index in [2.05, 4.69) is 5.10 Å². The molecule has 3 aromatic rings. The molecule has 1 heterocycles. The summed E-state index contributed by atoms with van der Waals surface area (Å²) in [5.41, 5.74) is 4.14. The molecule has 1 N–H and O–H groups in total. The van der Waals surface area contributed by atoms with Gasteiger partial charge >= 0.3 is 5.97 Å². The molecule has 148 valence electrons. The van der Waals surface area contributed by atoms with Crippen molar-refractivity contribution in [3.63, 3.8) is 0 Å². The summed E-state index contributed by atoms with van der Waals surface area (Å²) in [5.74, 6) is -0.805. The van der Waals surface area contributed by atoms with E-state index in [-0.39, 0.29) is 5.78 Å². The first-order valence-electron chi connectivity index (χ1n) is 9.20. The van der Waals surface area contributed by atoms with Crippen molar-refractivity contribution in [2.75, 3.05) is 0 Å². The Hall–Kier alpha value is -3.67. The van der Waals surface area contributed by atoms with Gasteiger partial charge in [-0.1, -0.05) is 18.2 Å². The fraction of sp³-hybridized carbons (Fsp3) is 0.174. The molecule has 0 radical (unpaired) electrons. The van der Waals surface area contributed by atoms with Crippen LogP contribution in [0.5, 0.6) is 5.75 Å². The van der Waals surface area contributed by atoms with Gasteiger partial charge in [0.15, 0.2) is 11.9 Å². The number of carboxylic acids is 1. The highest BCUT2D eigenvalue weighted by Gasteiger charge is 2.13. The Kier molecular flexibility index (Phi) is 5.93. The zero-order chi connectivity index (χ0) is 21.0. The van der Waals surface area contributed by atoms with Crippen LogP contribution in [0.2, 0.25) is 0 Å². The minimum absolute atomic E-state index is 0.158. The van der Waals surface area contributed by atoms with Crippen molar-refractivity contribution in [3.05, 3.63) is 83.2 Å². The van der Waals surface area contributed by atoms with E-state index in [9.17, 15) is 9.59 Å². The van der Waals surface area contributed by atoms with Gasteiger partial charge in [0.2, 0.25) is 0 Å². The number of carbonyl (C=O) groups excluding carboxylic acids is 1. The van der Waals surface area contributed by atoms with Crippen molar-refractivity contribution in [2.45, 2.75) is 26.9 Å². The van der Waals surface area contributed by atoms with Crippen molar-refractivity contribution in [1.29, 1.82) is 0 Å². The van der Waals surface area contributed by atoms with Gasteiger partial charge in [0, 0.05) is 16.8 Å². The average molecular weight is 390 g/mol. The number of rotatable bonds is 7. The van der Waals surface area contributed by atoms with E-state index in [0.29, 0.717) is 11.3 Å². The summed E-state index contributed by atoms with van der Waals surface area (Å²) in [5, 5.41) is 13.5. The third-order valence-corrected chi connectivity index (χ3v) is 4.55. The molecule has 0 fully saturated rings. The minimum Gasteiger partial charge on any atom is -0.479 e. The maximum atomic E-state index is 12.5. The molecule has 0 bridgehead atoms. The van der Waals surface area contributed by atoms with E-state index in [1.807, 2.05) is 48.9 Å². The molecule has 29 heavy (non-hydrogen) atoms. The number of hydrogen-bond donors (Lipinski definition) is 1. The lowest BCUT2D eigenvalue weighted by Crippen LogP contribution is -2.22. The average Bonchev–Trinajstić information content (AvgIpc) is 3.01. The Morgan fingerprint density at radius 1 is 1.07 bits per heavy atom. The smallest absolute Gasteiger partial charge is 0.344 e. The van der Waals surface area contributed by atoms with Crippen LogP contribution in [0, 0.1) is 13.8 Å². The highest BCUT2D eigenvalue weighted by Crippen LogP contribution is 2.20. The lowest BCUT2D eigenvalue weighted by atomic mass is 10.1. The predicted octanol–water partition coefficient (Wildman–Crippen LogP) is 4.24. The number of ether oxygens (including phenoxy) is 1. The van der Waals surface area contributed by atoms with Crippen molar-refractivity contribution < 1.29 is 19.4 Å². The van der Waals surface area contributed by atoms with Crippen LogP contribution in [0.1, 0.15) is 34.2 Å². The van der Waals surface area contributed by atoms with Crippen LogP contribution in [0.4, 0.5) is 0 Å². The van der Waals surface area contributed by atoms with Crippen molar-refractivity contribution in [3.8, 4) is 11.4 Å². The number of carbonyl (C=O) groups is 2. The fourth-order valence-electron chi connectivity index (χ4n) is 2.92. The van der Waals surface area contributed by atoms with Crippen LogP contribution in [0.15, 0.2) is 60.7 Å². The summed E-state index contributed by atoms with van der Waals surface area (Å²) in [6.07, 6.45) is 2.34. The third-order valence-electron chi connectivity index (χ3n) is 4.55. The zero-order valence-electron chi connectivity index (χ0n) is 16.5. The predicted molar refractivity (Wildman–Crippen MR) is 111 cm³/mol. The van der Waals surface area contributed by atoms with Gasteiger partial charge in [-0.2, -0.15) is 5.10 Å². The van der Waals surface area contributed by atoms with Crippen LogP contribution >= 0.6 is 0 Å². The van der Waals surface area contributed by atoms with Crippen LogP contribution in [0.3, 0.4) is 0 Å². The van der Waals surface area contributed by atoms with E-state index < -0.39 is 12.1 Å². The lowest BCUT2D eigenvalue weighted by Gasteiger charge is -2.10. The molecule has 3 rings (SSSR count). The molecule has 1 atom stereocenters. The first-order valence-corrected chi connectivity index (χ1v) is 9.20. The first-order chi connectivity index (χ1) is 13.9. The molecule has 0 amide bonds. The molecule has 0 unspecified atom stereocenters. The number of ketones is 1. The number of carboxylic acid groups (broad SMARTS) is 1. The van der Waals surface area contributed by atoms with Crippen LogP contribution < -0.4 is 4.74 Å². The minimum atomic E-state index is -1.05. The molecule has 1 aromatic heterocycles. The molecule has 6 heteroatoms. The number of aliphatic carboxylic acids is 1. The van der Waals surface area contributed by atoms with Crippen LogP contribution in [-0.2, 0) is 4.79 Å². The van der Waals surface area contributed by atoms with Crippen LogP contribution in [-0.4, -0.2) is 32.7 Å². The largest absolute Gasteiger partial charge is 0.479 e. The Bertz CT molecular complexity index is 1050. The van der Waals surface area contributed by atoms with Gasteiger partial charge < -0.3 is 9.84 Å². The number of nitrogens with zero attached hydrogens (tertiary/aromatic N) is 2. The Balaban J connectivity index is 1.76. The highest BCUT2D eigenvalue weighted by atomic mass is 16.5. The quantitative estimate of drug-likeness (QED) is 0.482. The molecular weight excluding hydrogens is 368 g/mol. The van der Waals surface area contributed by atoms with E-state index in [4.69, 9.17) is 9.84 Å². The maximum absolute atomic E-state index is 12.5.